The molecule has 0 amide bonds. The Bertz CT molecular complexity index is 489. The van der Waals surface area contributed by atoms with Crippen molar-refractivity contribution in [3.63, 3.8) is 0 Å². The first kappa shape index (κ1) is 21.0. The number of carboxylic acid groups (broad SMARTS) is 2. The highest BCUT2D eigenvalue weighted by atomic mass is 32.2. The molecule has 0 aromatic rings. The molecule has 0 aromatic heterocycles. The van der Waals surface area contributed by atoms with E-state index in [4.69, 9.17) is 24.6 Å². The second kappa shape index (κ2) is 8.79. The Morgan fingerprint density at radius 2 is 1.75 bits per heavy atom. The Hall–Kier alpha value is -1.30. The molecule has 0 spiro atoms. The zero-order valence-electron chi connectivity index (χ0n) is 9.82. The van der Waals surface area contributed by atoms with E-state index in [2.05, 4.69) is 11.1 Å². The van der Waals surface area contributed by atoms with E-state index >= 15 is 0 Å². The third kappa shape index (κ3) is 13.1. The van der Waals surface area contributed by atoms with E-state index < -0.39 is 41.6 Å². The molecule has 1 atom stereocenters. The van der Waals surface area contributed by atoms with Gasteiger partial charge in [0.15, 0.2) is 5.25 Å². The summed E-state index contributed by atoms with van der Waals surface area (Å²) in [6.07, 6.45) is 0.104. The topological polar surface area (TPSA) is 196 Å². The van der Waals surface area contributed by atoms with Gasteiger partial charge in [0.1, 0.15) is 0 Å². The summed E-state index contributed by atoms with van der Waals surface area (Å²) in [7, 11) is -9.09. The van der Waals surface area contributed by atoms with E-state index in [9.17, 15) is 22.6 Å². The van der Waals surface area contributed by atoms with Crippen LogP contribution >= 0.6 is 7.82 Å². The van der Waals surface area contributed by atoms with Crippen LogP contribution in [0.3, 0.4) is 0 Å². The van der Waals surface area contributed by atoms with Crippen molar-refractivity contribution < 1.29 is 51.6 Å². The average Bonchev–Trinajstić information content (AvgIpc) is 2.20. The molecule has 1 unspecified atom stereocenters. The Morgan fingerprint density at radius 1 is 1.30 bits per heavy atom. The van der Waals surface area contributed by atoms with Gasteiger partial charge in [-0.25, -0.2) is 4.57 Å². The lowest BCUT2D eigenvalue weighted by molar-refractivity contribution is -0.143. The predicted octanol–water partition coefficient (Wildman–Crippen LogP) is -0.916. The Labute approximate surface area is 113 Å². The quantitative estimate of drug-likeness (QED) is 0.219. The lowest BCUT2D eigenvalue weighted by atomic mass is 10.3. The van der Waals surface area contributed by atoms with Crippen molar-refractivity contribution in [2.75, 3.05) is 6.61 Å². The molecular weight excluding hydrogens is 323 g/mol. The molecule has 0 heterocycles. The molecule has 0 bridgehead atoms. The predicted molar refractivity (Wildman–Crippen MR) is 63.4 cm³/mol. The zero-order valence-corrected chi connectivity index (χ0v) is 11.5. The number of hydrogen-bond acceptors (Lipinski definition) is 6. The van der Waals surface area contributed by atoms with Crippen LogP contribution in [0, 0.1) is 0 Å². The standard InChI is InChI=1S/C4H6O7S.C3H7O4P/c5-3(6)1-2(4(7)8)12(9,10)11;1-2-3-7-8(4,5)6/h2H,1H2,(H,5,6)(H,7,8)(H,9,10,11);2H,1,3H2,(H2,4,5,6). The molecule has 0 fully saturated rings. The SMILES string of the molecule is C=CCOP(=O)(O)O.O=C(O)CC(C(=O)O)S(=O)(=O)O. The Kier molecular flexibility index (Phi) is 9.23. The molecule has 0 aliphatic carbocycles. The smallest absolute Gasteiger partial charge is 0.469 e. The van der Waals surface area contributed by atoms with Crippen molar-refractivity contribution >= 4 is 29.9 Å². The van der Waals surface area contributed by atoms with E-state index in [0.717, 1.165) is 0 Å². The maximum Gasteiger partial charge on any atom is 0.469 e. The summed E-state index contributed by atoms with van der Waals surface area (Å²) in [6.45, 7) is 3.07. The fourth-order valence-corrected chi connectivity index (χ4v) is 1.54. The molecule has 0 rings (SSSR count). The lowest BCUT2D eigenvalue weighted by Gasteiger charge is -2.04. The molecule has 20 heavy (non-hydrogen) atoms. The van der Waals surface area contributed by atoms with Crippen LogP contribution in [0.4, 0.5) is 0 Å². The van der Waals surface area contributed by atoms with Gasteiger partial charge in [0.05, 0.1) is 13.0 Å². The van der Waals surface area contributed by atoms with Crippen LogP contribution in [0.2, 0.25) is 0 Å². The minimum atomic E-state index is -4.84. The second-order valence-corrected chi connectivity index (χ2v) is 5.85. The van der Waals surface area contributed by atoms with Crippen LogP contribution in [-0.2, 0) is 28.8 Å². The molecule has 0 saturated carbocycles. The highest BCUT2D eigenvalue weighted by Crippen LogP contribution is 2.35. The van der Waals surface area contributed by atoms with Gasteiger partial charge in [0.2, 0.25) is 0 Å². The molecular formula is C7H13O11PS. The summed E-state index contributed by atoms with van der Waals surface area (Å²) in [6, 6.07) is 0. The third-order valence-electron chi connectivity index (χ3n) is 1.36. The molecule has 11 nitrogen and oxygen atoms in total. The third-order valence-corrected chi connectivity index (χ3v) is 2.93. The lowest BCUT2D eigenvalue weighted by Crippen LogP contribution is -2.31. The largest absolute Gasteiger partial charge is 0.481 e. The van der Waals surface area contributed by atoms with Crippen LogP contribution in [0.5, 0.6) is 0 Å². The molecule has 0 aliphatic heterocycles. The number of carbonyl (C=O) groups is 2. The number of carboxylic acids is 2. The first-order valence-corrected chi connectivity index (χ1v) is 7.56. The van der Waals surface area contributed by atoms with Crippen LogP contribution in [0.25, 0.3) is 0 Å². The molecule has 0 aromatic carbocycles. The van der Waals surface area contributed by atoms with Gasteiger partial charge in [0.25, 0.3) is 10.1 Å². The minimum absolute atomic E-state index is 0.121. The van der Waals surface area contributed by atoms with Crippen LogP contribution in [0.15, 0.2) is 12.7 Å². The monoisotopic (exact) mass is 336 g/mol. The van der Waals surface area contributed by atoms with Crippen LogP contribution < -0.4 is 0 Å². The number of phosphoric ester groups is 1. The first-order chi connectivity index (χ1) is 8.81. The zero-order chi connectivity index (χ0) is 16.6. The summed E-state index contributed by atoms with van der Waals surface area (Å²) in [5.74, 6) is -3.50. The van der Waals surface area contributed by atoms with Crippen LogP contribution in [0.1, 0.15) is 6.42 Å². The number of rotatable bonds is 7. The molecule has 0 aliphatic rings. The minimum Gasteiger partial charge on any atom is -0.481 e. The van der Waals surface area contributed by atoms with Gasteiger partial charge in [-0.15, -0.1) is 6.58 Å². The van der Waals surface area contributed by atoms with E-state index in [-0.39, 0.29) is 6.61 Å². The van der Waals surface area contributed by atoms with Gasteiger partial charge in [-0.05, 0) is 0 Å². The highest BCUT2D eigenvalue weighted by Gasteiger charge is 2.33. The normalized spacial score (nSPS) is 12.8. The molecule has 0 radical (unpaired) electrons. The van der Waals surface area contributed by atoms with Gasteiger partial charge < -0.3 is 20.0 Å². The van der Waals surface area contributed by atoms with Crippen molar-refractivity contribution in [1.29, 1.82) is 0 Å². The van der Waals surface area contributed by atoms with Crippen molar-refractivity contribution in [3.05, 3.63) is 12.7 Å². The van der Waals surface area contributed by atoms with E-state index in [0.29, 0.717) is 0 Å². The van der Waals surface area contributed by atoms with E-state index in [1.54, 1.807) is 0 Å². The molecule has 0 saturated heterocycles. The highest BCUT2D eigenvalue weighted by molar-refractivity contribution is 7.87. The molecule has 5 N–H and O–H groups in total. The van der Waals surface area contributed by atoms with Crippen molar-refractivity contribution in [3.8, 4) is 0 Å². The van der Waals surface area contributed by atoms with Gasteiger partial charge >= 0.3 is 19.8 Å². The van der Waals surface area contributed by atoms with Gasteiger partial charge in [-0.2, -0.15) is 8.42 Å². The fourth-order valence-electron chi connectivity index (χ4n) is 0.628. The molecule has 13 heteroatoms. The average molecular weight is 336 g/mol. The summed E-state index contributed by atoms with van der Waals surface area (Å²) in [4.78, 5) is 36.0. The first-order valence-electron chi connectivity index (χ1n) is 4.53. The molecule has 118 valence electrons. The van der Waals surface area contributed by atoms with Gasteiger partial charge in [-0.1, -0.05) is 6.08 Å². The number of phosphoric acid groups is 1. The van der Waals surface area contributed by atoms with E-state index in [1.165, 1.54) is 6.08 Å². The van der Waals surface area contributed by atoms with Gasteiger partial charge in [-0.3, -0.25) is 18.7 Å². The van der Waals surface area contributed by atoms with Gasteiger partial charge in [0, 0.05) is 0 Å². The van der Waals surface area contributed by atoms with Crippen molar-refractivity contribution in [2.24, 2.45) is 0 Å². The Balaban J connectivity index is 0. The van der Waals surface area contributed by atoms with Crippen molar-refractivity contribution in [1.82, 2.24) is 0 Å². The van der Waals surface area contributed by atoms with Crippen LogP contribution in [-0.4, -0.2) is 56.8 Å². The maximum absolute atomic E-state index is 10.2. The van der Waals surface area contributed by atoms with Crippen molar-refractivity contribution in [2.45, 2.75) is 11.7 Å². The second-order valence-electron chi connectivity index (χ2n) is 3.01. The number of hydrogen-bond donors (Lipinski definition) is 5. The summed E-state index contributed by atoms with van der Waals surface area (Å²) in [5, 5.41) is 13.9. The fraction of sp³-hybridized carbons (Fsp3) is 0.429. The Morgan fingerprint density at radius 3 is 1.85 bits per heavy atom. The van der Waals surface area contributed by atoms with E-state index in [1.807, 2.05) is 0 Å². The summed E-state index contributed by atoms with van der Waals surface area (Å²) >= 11 is 0. The number of aliphatic carboxylic acids is 2. The maximum atomic E-state index is 10.2. The summed E-state index contributed by atoms with van der Waals surface area (Å²) < 4.78 is 42.4. The summed E-state index contributed by atoms with van der Waals surface area (Å²) in [5.41, 5.74) is 0.